The number of hydrogen-bond acceptors (Lipinski definition) is 6. The fraction of sp³-hybridized carbons (Fsp3) is 0.607. The van der Waals surface area contributed by atoms with Crippen LogP contribution in [0.15, 0.2) is 30.3 Å². The van der Waals surface area contributed by atoms with Gasteiger partial charge in [-0.3, -0.25) is 0 Å². The van der Waals surface area contributed by atoms with Crippen LogP contribution in [-0.2, 0) is 10.2 Å². The standard InChI is InChI=1S/C28H39FN6OS/c1-21-7-3-6-16-35(21)25-19-24(34-14-4-2-5-15-34)31-26(32-25)33-27(37)30-20-28(12-17-36-18-13-28)22-8-10-23(29)11-9-22/h8-11,19,21H,2-7,12-18,20H2,1H3,(H2,30,31,32,33,37)/t21-/m0/s1. The summed E-state index contributed by atoms with van der Waals surface area (Å²) in [5.74, 6) is 2.26. The summed E-state index contributed by atoms with van der Waals surface area (Å²) >= 11 is 5.73. The van der Waals surface area contributed by atoms with Crippen molar-refractivity contribution in [2.24, 2.45) is 0 Å². The quantitative estimate of drug-likeness (QED) is 0.509. The van der Waals surface area contributed by atoms with Crippen molar-refractivity contribution < 1.29 is 9.13 Å². The first-order valence-electron chi connectivity index (χ1n) is 13.8. The van der Waals surface area contributed by atoms with Crippen LogP contribution in [0.2, 0.25) is 0 Å². The fourth-order valence-electron chi connectivity index (χ4n) is 5.88. The summed E-state index contributed by atoms with van der Waals surface area (Å²) in [6.45, 7) is 7.34. The summed E-state index contributed by atoms with van der Waals surface area (Å²) < 4.78 is 19.2. The van der Waals surface area contributed by atoms with Crippen LogP contribution < -0.4 is 20.4 Å². The summed E-state index contributed by atoms with van der Waals surface area (Å²) in [4.78, 5) is 14.6. The molecule has 0 saturated carbocycles. The van der Waals surface area contributed by atoms with E-state index < -0.39 is 0 Å². The van der Waals surface area contributed by atoms with Crippen LogP contribution in [-0.4, -0.2) is 60.5 Å². The van der Waals surface area contributed by atoms with E-state index in [1.165, 1.54) is 50.7 Å². The van der Waals surface area contributed by atoms with Crippen LogP contribution in [0.1, 0.15) is 63.9 Å². The molecule has 9 heteroatoms. The van der Waals surface area contributed by atoms with Crippen molar-refractivity contribution in [1.82, 2.24) is 15.3 Å². The molecule has 1 atom stereocenters. The van der Waals surface area contributed by atoms with Crippen molar-refractivity contribution in [3.8, 4) is 0 Å². The lowest BCUT2D eigenvalue weighted by Gasteiger charge is -2.38. The van der Waals surface area contributed by atoms with Gasteiger partial charge in [0.05, 0.1) is 0 Å². The number of benzene rings is 1. The van der Waals surface area contributed by atoms with Crippen LogP contribution in [0.25, 0.3) is 0 Å². The summed E-state index contributed by atoms with van der Waals surface area (Å²) in [5, 5.41) is 7.21. The Kier molecular flexibility index (Phi) is 8.39. The lowest BCUT2D eigenvalue weighted by atomic mass is 9.74. The van der Waals surface area contributed by atoms with Gasteiger partial charge in [0.1, 0.15) is 17.5 Å². The van der Waals surface area contributed by atoms with Crippen LogP contribution in [0, 0.1) is 5.82 Å². The van der Waals surface area contributed by atoms with E-state index in [4.69, 9.17) is 26.9 Å². The molecule has 0 radical (unpaired) electrons. The van der Waals surface area contributed by atoms with Crippen LogP contribution >= 0.6 is 12.2 Å². The van der Waals surface area contributed by atoms with Gasteiger partial charge in [-0.05, 0) is 88.2 Å². The zero-order valence-corrected chi connectivity index (χ0v) is 22.7. The number of ether oxygens (including phenoxy) is 1. The number of piperidine rings is 2. The maximum absolute atomic E-state index is 13.6. The van der Waals surface area contributed by atoms with Gasteiger partial charge in [-0.15, -0.1) is 0 Å². The number of anilines is 3. The van der Waals surface area contributed by atoms with Crippen molar-refractivity contribution in [2.45, 2.75) is 69.7 Å². The van der Waals surface area contributed by atoms with Gasteiger partial charge in [0.15, 0.2) is 5.11 Å². The van der Waals surface area contributed by atoms with Gasteiger partial charge in [-0.2, -0.15) is 9.97 Å². The Labute approximate surface area is 225 Å². The molecule has 4 heterocycles. The molecule has 2 N–H and O–H groups in total. The zero-order valence-electron chi connectivity index (χ0n) is 21.8. The molecule has 0 aliphatic carbocycles. The number of aromatic nitrogens is 2. The summed E-state index contributed by atoms with van der Waals surface area (Å²) in [6, 6.07) is 9.45. The molecule has 37 heavy (non-hydrogen) atoms. The minimum atomic E-state index is -0.222. The lowest BCUT2D eigenvalue weighted by molar-refractivity contribution is 0.0515. The second kappa shape index (κ2) is 11.9. The molecule has 200 valence electrons. The van der Waals surface area contributed by atoms with Gasteiger partial charge in [0, 0.05) is 56.9 Å². The second-order valence-electron chi connectivity index (χ2n) is 10.7. The van der Waals surface area contributed by atoms with Crippen molar-refractivity contribution in [3.05, 3.63) is 41.7 Å². The van der Waals surface area contributed by atoms with E-state index in [-0.39, 0.29) is 11.2 Å². The molecule has 5 rings (SSSR count). The molecule has 0 bridgehead atoms. The summed E-state index contributed by atoms with van der Waals surface area (Å²) in [5.41, 5.74) is 0.944. The monoisotopic (exact) mass is 526 g/mol. The first-order valence-corrected chi connectivity index (χ1v) is 14.2. The van der Waals surface area contributed by atoms with E-state index in [0.717, 1.165) is 49.7 Å². The number of rotatable bonds is 6. The van der Waals surface area contributed by atoms with E-state index in [1.54, 1.807) is 0 Å². The van der Waals surface area contributed by atoms with Crippen molar-refractivity contribution >= 4 is 34.9 Å². The Balaban J connectivity index is 1.33. The van der Waals surface area contributed by atoms with Gasteiger partial charge in [-0.1, -0.05) is 12.1 Å². The Morgan fingerprint density at radius 3 is 2.46 bits per heavy atom. The van der Waals surface area contributed by atoms with Crippen LogP contribution in [0.4, 0.5) is 22.0 Å². The van der Waals surface area contributed by atoms with Gasteiger partial charge < -0.3 is 25.2 Å². The third-order valence-corrected chi connectivity index (χ3v) is 8.44. The van der Waals surface area contributed by atoms with Crippen molar-refractivity contribution in [3.63, 3.8) is 0 Å². The first kappa shape index (κ1) is 26.1. The largest absolute Gasteiger partial charge is 0.381 e. The number of thiocarbonyl (C=S) groups is 1. The third-order valence-electron chi connectivity index (χ3n) is 8.20. The Morgan fingerprint density at radius 1 is 1.03 bits per heavy atom. The highest BCUT2D eigenvalue weighted by atomic mass is 32.1. The highest BCUT2D eigenvalue weighted by molar-refractivity contribution is 7.80. The highest BCUT2D eigenvalue weighted by Gasteiger charge is 2.34. The first-order chi connectivity index (χ1) is 18.0. The predicted molar refractivity (Wildman–Crippen MR) is 151 cm³/mol. The second-order valence-corrected chi connectivity index (χ2v) is 11.1. The molecule has 1 aromatic carbocycles. The predicted octanol–water partition coefficient (Wildman–Crippen LogP) is 5.02. The molecule has 3 aliphatic heterocycles. The third kappa shape index (κ3) is 6.32. The van der Waals surface area contributed by atoms with E-state index in [2.05, 4.69) is 33.4 Å². The molecule has 3 aliphatic rings. The Bertz CT molecular complexity index is 1060. The molecule has 0 spiro atoms. The molecule has 2 aromatic rings. The number of halogens is 1. The smallest absolute Gasteiger partial charge is 0.232 e. The molecule has 3 saturated heterocycles. The zero-order chi connectivity index (χ0) is 25.7. The van der Waals surface area contributed by atoms with E-state index in [0.29, 0.717) is 36.9 Å². The summed E-state index contributed by atoms with van der Waals surface area (Å²) in [7, 11) is 0. The minimum absolute atomic E-state index is 0.164. The highest BCUT2D eigenvalue weighted by Crippen LogP contribution is 2.34. The van der Waals surface area contributed by atoms with Gasteiger partial charge >= 0.3 is 0 Å². The number of nitrogens with one attached hydrogen (secondary N) is 2. The Morgan fingerprint density at radius 2 is 1.73 bits per heavy atom. The molecular formula is C28H39FN6OS. The molecule has 0 unspecified atom stereocenters. The Hall–Kier alpha value is -2.52. The van der Waals surface area contributed by atoms with Crippen LogP contribution in [0.5, 0.6) is 0 Å². The van der Waals surface area contributed by atoms with Gasteiger partial charge in [-0.25, -0.2) is 4.39 Å². The average molecular weight is 527 g/mol. The van der Waals surface area contributed by atoms with Crippen LogP contribution in [0.3, 0.4) is 0 Å². The topological polar surface area (TPSA) is 65.5 Å². The van der Waals surface area contributed by atoms with E-state index in [9.17, 15) is 4.39 Å². The molecule has 7 nitrogen and oxygen atoms in total. The molecular weight excluding hydrogens is 487 g/mol. The van der Waals surface area contributed by atoms with Crippen molar-refractivity contribution in [2.75, 3.05) is 54.5 Å². The summed E-state index contributed by atoms with van der Waals surface area (Å²) in [6.07, 6.45) is 9.00. The SMILES string of the molecule is C[C@H]1CCCCN1c1cc(N2CCCCC2)nc(NC(=S)NCC2(c3ccc(F)cc3)CCOCC2)n1. The average Bonchev–Trinajstić information content (AvgIpc) is 2.93. The van der Waals surface area contributed by atoms with E-state index in [1.807, 2.05) is 12.1 Å². The van der Waals surface area contributed by atoms with Gasteiger partial charge in [0.25, 0.3) is 0 Å². The minimum Gasteiger partial charge on any atom is -0.381 e. The fourth-order valence-corrected chi connectivity index (χ4v) is 6.04. The molecule has 1 aromatic heterocycles. The normalized spacial score (nSPS) is 21.9. The maximum atomic E-state index is 13.6. The molecule has 0 amide bonds. The van der Waals surface area contributed by atoms with Crippen molar-refractivity contribution in [1.29, 1.82) is 0 Å². The van der Waals surface area contributed by atoms with Gasteiger partial charge in [0.2, 0.25) is 5.95 Å². The maximum Gasteiger partial charge on any atom is 0.232 e. The van der Waals surface area contributed by atoms with E-state index >= 15 is 0 Å². The molecule has 3 fully saturated rings. The lowest BCUT2D eigenvalue weighted by Crippen LogP contribution is -2.45. The number of hydrogen-bond donors (Lipinski definition) is 2. The number of nitrogens with zero attached hydrogens (tertiary/aromatic N) is 4.